The number of fused-ring (bicyclic) bond motifs is 1. The fourth-order valence-corrected chi connectivity index (χ4v) is 3.90. The number of aryl methyl sites for hydroxylation is 1. The maximum atomic E-state index is 14.9. The maximum absolute atomic E-state index is 14.9. The minimum atomic E-state index is -0.579. The molecule has 0 unspecified atom stereocenters. The van der Waals surface area contributed by atoms with Crippen LogP contribution in [-0.4, -0.2) is 37.5 Å². The van der Waals surface area contributed by atoms with Gasteiger partial charge in [-0.3, -0.25) is 14.3 Å². The van der Waals surface area contributed by atoms with Crippen LogP contribution in [0.3, 0.4) is 0 Å². The number of hydrogen-bond acceptors (Lipinski definition) is 5. The first-order valence-electron chi connectivity index (χ1n) is 10.3. The van der Waals surface area contributed by atoms with Crippen LogP contribution < -0.4 is 10.9 Å². The molecule has 9 heteroatoms. The summed E-state index contributed by atoms with van der Waals surface area (Å²) in [6.45, 7) is -0.0502. The highest BCUT2D eigenvalue weighted by molar-refractivity contribution is 6.04. The molecule has 8 nitrogen and oxygen atoms in total. The molecule has 1 amide bonds. The number of pyridine rings is 1. The Balaban J connectivity index is 1.48. The molecular weight excluding hydrogens is 415 g/mol. The topological polar surface area (TPSA) is 102 Å². The number of nitrogens with one attached hydrogen (secondary N) is 1. The molecule has 0 bridgehead atoms. The van der Waals surface area contributed by atoms with Gasteiger partial charge < -0.3 is 19.4 Å². The molecule has 0 aliphatic heterocycles. The average Bonchev–Trinajstić information content (AvgIpc) is 3.43. The van der Waals surface area contributed by atoms with Gasteiger partial charge in [0.25, 0.3) is 11.5 Å². The smallest absolute Gasteiger partial charge is 0.262 e. The Morgan fingerprint density at radius 2 is 2.12 bits per heavy atom. The van der Waals surface area contributed by atoms with Gasteiger partial charge >= 0.3 is 0 Å². The van der Waals surface area contributed by atoms with Crippen LogP contribution in [0.4, 0.5) is 4.39 Å². The molecule has 0 spiro atoms. The number of nitrogens with zero attached hydrogens (tertiary/aromatic N) is 3. The van der Waals surface area contributed by atoms with Gasteiger partial charge in [0.2, 0.25) is 0 Å². The molecule has 2 atom stereocenters. The van der Waals surface area contributed by atoms with E-state index >= 15 is 0 Å². The van der Waals surface area contributed by atoms with Crippen molar-refractivity contribution in [3.63, 3.8) is 0 Å². The largest absolute Gasteiger partial charge is 0.463 e. The number of aromatic nitrogens is 3. The molecule has 2 N–H and O–H groups in total. The van der Waals surface area contributed by atoms with Crippen molar-refractivity contribution in [3.05, 3.63) is 76.4 Å². The minimum absolute atomic E-state index is 0.0502. The summed E-state index contributed by atoms with van der Waals surface area (Å²) in [5, 5.41) is 16.9. The molecule has 5 rings (SSSR count). The van der Waals surface area contributed by atoms with Crippen LogP contribution in [0, 0.1) is 5.82 Å². The van der Waals surface area contributed by atoms with Gasteiger partial charge in [0.05, 0.1) is 42.1 Å². The third kappa shape index (κ3) is 3.50. The van der Waals surface area contributed by atoms with Gasteiger partial charge in [-0.2, -0.15) is 5.10 Å². The van der Waals surface area contributed by atoms with E-state index in [1.807, 2.05) is 0 Å². The van der Waals surface area contributed by atoms with Crippen LogP contribution in [0.25, 0.3) is 22.1 Å². The zero-order valence-electron chi connectivity index (χ0n) is 17.3. The van der Waals surface area contributed by atoms with E-state index in [1.165, 1.54) is 29.2 Å². The Morgan fingerprint density at radius 1 is 1.28 bits per heavy atom. The van der Waals surface area contributed by atoms with E-state index < -0.39 is 17.8 Å². The summed E-state index contributed by atoms with van der Waals surface area (Å²) in [6.07, 6.45) is 6.89. The summed E-state index contributed by atoms with van der Waals surface area (Å²) < 4.78 is 23.2. The van der Waals surface area contributed by atoms with Crippen molar-refractivity contribution in [2.45, 2.75) is 31.5 Å². The Bertz CT molecular complexity index is 1390. The summed E-state index contributed by atoms with van der Waals surface area (Å²) in [5.74, 6) is -0.913. The lowest BCUT2D eigenvalue weighted by Gasteiger charge is -2.32. The molecule has 0 saturated heterocycles. The number of aliphatic hydroxyl groups is 1. The fourth-order valence-electron chi connectivity index (χ4n) is 3.90. The second-order valence-electron chi connectivity index (χ2n) is 8.07. The lowest BCUT2D eigenvalue weighted by Crippen LogP contribution is -2.50. The van der Waals surface area contributed by atoms with Gasteiger partial charge in [-0.25, -0.2) is 4.39 Å². The Morgan fingerprint density at radius 3 is 2.78 bits per heavy atom. The van der Waals surface area contributed by atoms with Gasteiger partial charge in [0.1, 0.15) is 5.82 Å². The number of benzene rings is 1. The molecule has 1 aliphatic rings. The van der Waals surface area contributed by atoms with E-state index in [0.717, 1.165) is 5.56 Å². The highest BCUT2D eigenvalue weighted by Gasteiger charge is 2.31. The van der Waals surface area contributed by atoms with Crippen LogP contribution in [0.15, 0.2) is 58.3 Å². The van der Waals surface area contributed by atoms with E-state index in [1.54, 1.807) is 36.3 Å². The highest BCUT2D eigenvalue weighted by Crippen LogP contribution is 2.24. The van der Waals surface area contributed by atoms with Crippen molar-refractivity contribution in [2.24, 2.45) is 7.05 Å². The highest BCUT2D eigenvalue weighted by atomic mass is 19.1. The van der Waals surface area contributed by atoms with Crippen LogP contribution in [0.1, 0.15) is 28.8 Å². The molecular formula is C23H21FN4O4. The van der Waals surface area contributed by atoms with Gasteiger partial charge in [-0.15, -0.1) is 0 Å². The van der Waals surface area contributed by atoms with Crippen molar-refractivity contribution >= 4 is 16.9 Å². The SMILES string of the molecule is Cn1cc(-c2ccc(Cn3cc(C(=O)N[C@@H]4CC[C@H]4O)c4occc4c3=O)c(F)c2)cn1. The quantitative estimate of drug-likeness (QED) is 0.500. The van der Waals surface area contributed by atoms with E-state index in [-0.39, 0.29) is 34.7 Å². The van der Waals surface area contributed by atoms with Crippen LogP contribution in [0.2, 0.25) is 0 Å². The normalized spacial score (nSPS) is 18.0. The molecule has 4 aromatic rings. The number of halogens is 1. The average molecular weight is 436 g/mol. The van der Waals surface area contributed by atoms with Gasteiger partial charge in [-0.05, 0) is 30.5 Å². The molecule has 1 fully saturated rings. The minimum Gasteiger partial charge on any atom is -0.463 e. The number of carbonyl (C=O) groups excluding carboxylic acids is 1. The van der Waals surface area contributed by atoms with Crippen LogP contribution in [-0.2, 0) is 13.6 Å². The van der Waals surface area contributed by atoms with Crippen LogP contribution in [0.5, 0.6) is 0 Å². The lowest BCUT2D eigenvalue weighted by molar-refractivity contribution is 0.0447. The van der Waals surface area contributed by atoms with E-state index in [4.69, 9.17) is 4.42 Å². The molecule has 1 aromatic carbocycles. The first kappa shape index (κ1) is 20.2. The number of aliphatic hydroxyl groups excluding tert-OH is 1. The molecule has 164 valence electrons. The Hall–Kier alpha value is -3.72. The number of rotatable bonds is 5. The third-order valence-corrected chi connectivity index (χ3v) is 5.92. The summed E-state index contributed by atoms with van der Waals surface area (Å²) in [4.78, 5) is 25.7. The number of amides is 1. The standard InChI is InChI=1S/C23H21FN4O4/c1-27-10-15(9-25-27)13-2-3-14(18(24)8-13)11-28-12-17(21-16(23(28)31)6-7-32-21)22(30)26-19-4-5-20(19)29/h2-3,6-10,12,19-20,29H,4-5,11H2,1H3,(H,26,30)/t19-,20-/m1/s1. The molecule has 0 radical (unpaired) electrons. The molecule has 1 aliphatic carbocycles. The second kappa shape index (κ2) is 7.76. The molecule has 3 heterocycles. The zero-order chi connectivity index (χ0) is 22.4. The van der Waals surface area contributed by atoms with Crippen molar-refractivity contribution in [1.29, 1.82) is 0 Å². The summed E-state index contributed by atoms with van der Waals surface area (Å²) in [6, 6.07) is 5.95. The van der Waals surface area contributed by atoms with E-state index in [2.05, 4.69) is 10.4 Å². The predicted molar refractivity (Wildman–Crippen MR) is 115 cm³/mol. The van der Waals surface area contributed by atoms with Crippen LogP contribution >= 0.6 is 0 Å². The van der Waals surface area contributed by atoms with E-state index in [0.29, 0.717) is 24.0 Å². The van der Waals surface area contributed by atoms with Crippen molar-refractivity contribution in [2.75, 3.05) is 0 Å². The number of carbonyl (C=O) groups is 1. The first-order valence-corrected chi connectivity index (χ1v) is 10.3. The fraction of sp³-hybridized carbons (Fsp3) is 0.261. The lowest BCUT2D eigenvalue weighted by atomic mass is 9.89. The Kier molecular flexibility index (Phi) is 4.90. The summed E-state index contributed by atoms with van der Waals surface area (Å²) in [5.41, 5.74) is 1.72. The van der Waals surface area contributed by atoms with Crippen molar-refractivity contribution in [3.8, 4) is 11.1 Å². The second-order valence-corrected chi connectivity index (χ2v) is 8.07. The number of furan rings is 1. The molecule has 1 saturated carbocycles. The maximum Gasteiger partial charge on any atom is 0.262 e. The summed E-state index contributed by atoms with van der Waals surface area (Å²) >= 11 is 0. The molecule has 3 aromatic heterocycles. The first-order chi connectivity index (χ1) is 15.4. The van der Waals surface area contributed by atoms with E-state index in [9.17, 15) is 19.1 Å². The monoisotopic (exact) mass is 436 g/mol. The predicted octanol–water partition coefficient (Wildman–Crippen LogP) is 2.44. The zero-order valence-corrected chi connectivity index (χ0v) is 17.3. The van der Waals surface area contributed by atoms with Crippen molar-refractivity contribution < 1.29 is 18.7 Å². The molecule has 32 heavy (non-hydrogen) atoms. The number of hydrogen-bond donors (Lipinski definition) is 2. The summed E-state index contributed by atoms with van der Waals surface area (Å²) in [7, 11) is 1.78. The van der Waals surface area contributed by atoms with Gasteiger partial charge in [0, 0.05) is 30.6 Å². The van der Waals surface area contributed by atoms with Crippen molar-refractivity contribution in [1.82, 2.24) is 19.7 Å². The van der Waals surface area contributed by atoms with Gasteiger partial charge in [0.15, 0.2) is 5.58 Å². The third-order valence-electron chi connectivity index (χ3n) is 5.92. The Labute approximate surface area is 181 Å². The van der Waals surface area contributed by atoms with Gasteiger partial charge in [-0.1, -0.05) is 12.1 Å².